The minimum absolute atomic E-state index is 0.629. The van der Waals surface area contributed by atoms with Crippen molar-refractivity contribution in [1.29, 1.82) is 0 Å². The number of methoxy groups -OCH3 is 1. The number of hydrogen-bond donors (Lipinski definition) is 0. The average molecular weight is 305 g/mol. The highest BCUT2D eigenvalue weighted by Gasteiger charge is 2.05. The average Bonchev–Trinajstić information content (AvgIpc) is 2.39. The summed E-state index contributed by atoms with van der Waals surface area (Å²) in [4.78, 5) is 10.7. The molecular weight excluding hydrogens is 292 g/mol. The van der Waals surface area contributed by atoms with Crippen LogP contribution in [0.5, 0.6) is 5.75 Å². The third-order valence-electron chi connectivity index (χ3n) is 2.73. The molecule has 0 saturated carbocycles. The normalized spacial score (nSPS) is 10.1. The molecule has 0 amide bonds. The van der Waals surface area contributed by atoms with Gasteiger partial charge in [0, 0.05) is 16.5 Å². The molecule has 0 atom stereocenters. The van der Waals surface area contributed by atoms with Crippen LogP contribution in [0.15, 0.2) is 46.9 Å². The zero-order valence-corrected chi connectivity index (χ0v) is 11.6. The van der Waals surface area contributed by atoms with E-state index in [0.29, 0.717) is 5.56 Å². The lowest BCUT2D eigenvalue weighted by Crippen LogP contribution is -1.95. The van der Waals surface area contributed by atoms with Crippen LogP contribution in [0.25, 0.3) is 0 Å². The molecule has 2 aromatic rings. The Morgan fingerprint density at radius 1 is 1.22 bits per heavy atom. The van der Waals surface area contributed by atoms with Gasteiger partial charge in [0.1, 0.15) is 12.0 Å². The van der Waals surface area contributed by atoms with Gasteiger partial charge in [0.2, 0.25) is 0 Å². The van der Waals surface area contributed by atoms with Crippen molar-refractivity contribution in [2.24, 2.45) is 0 Å². The van der Waals surface area contributed by atoms with Crippen LogP contribution in [0.3, 0.4) is 0 Å². The first kappa shape index (κ1) is 12.8. The highest BCUT2D eigenvalue weighted by molar-refractivity contribution is 9.10. The van der Waals surface area contributed by atoms with Crippen molar-refractivity contribution in [3.8, 4) is 5.75 Å². The molecule has 92 valence electrons. The third-order valence-corrected chi connectivity index (χ3v) is 3.22. The van der Waals surface area contributed by atoms with Crippen LogP contribution in [0.1, 0.15) is 21.5 Å². The highest BCUT2D eigenvalue weighted by atomic mass is 79.9. The number of ether oxygens (including phenoxy) is 1. The Morgan fingerprint density at radius 3 is 2.72 bits per heavy atom. The molecule has 0 N–H and O–H groups in total. The van der Waals surface area contributed by atoms with Crippen molar-refractivity contribution in [3.05, 3.63) is 63.6 Å². The SMILES string of the molecule is COc1cc(C=O)ccc1Cc1cccc(Br)c1. The van der Waals surface area contributed by atoms with Gasteiger partial charge in [0.05, 0.1) is 7.11 Å². The minimum atomic E-state index is 0.629. The second-order valence-corrected chi connectivity index (χ2v) is 4.91. The molecule has 3 heteroatoms. The summed E-state index contributed by atoms with van der Waals surface area (Å²) in [5.74, 6) is 0.750. The first-order valence-corrected chi connectivity index (χ1v) is 6.39. The van der Waals surface area contributed by atoms with Crippen molar-refractivity contribution in [1.82, 2.24) is 0 Å². The molecule has 0 fully saturated rings. The molecule has 0 aliphatic heterocycles. The number of carbonyl (C=O) groups is 1. The molecule has 0 bridgehead atoms. The molecule has 0 aliphatic carbocycles. The number of benzene rings is 2. The summed E-state index contributed by atoms with van der Waals surface area (Å²) in [6.07, 6.45) is 1.60. The fraction of sp³-hybridized carbons (Fsp3) is 0.133. The summed E-state index contributed by atoms with van der Waals surface area (Å²) in [5.41, 5.74) is 2.90. The van der Waals surface area contributed by atoms with Gasteiger partial charge in [-0.3, -0.25) is 4.79 Å². The van der Waals surface area contributed by atoms with Crippen molar-refractivity contribution < 1.29 is 9.53 Å². The quantitative estimate of drug-likeness (QED) is 0.802. The van der Waals surface area contributed by atoms with Gasteiger partial charge in [-0.05, 0) is 29.3 Å². The predicted octanol–water partition coefficient (Wildman–Crippen LogP) is 3.86. The Labute approximate surface area is 115 Å². The second-order valence-electron chi connectivity index (χ2n) is 4.00. The van der Waals surface area contributed by atoms with E-state index in [1.807, 2.05) is 24.3 Å². The summed E-state index contributed by atoms with van der Waals surface area (Å²) in [7, 11) is 1.62. The molecule has 2 rings (SSSR count). The van der Waals surface area contributed by atoms with Crippen molar-refractivity contribution >= 4 is 22.2 Å². The Morgan fingerprint density at radius 2 is 2.06 bits per heavy atom. The zero-order chi connectivity index (χ0) is 13.0. The predicted molar refractivity (Wildman–Crippen MR) is 75.3 cm³/mol. The number of aldehydes is 1. The van der Waals surface area contributed by atoms with Gasteiger partial charge < -0.3 is 4.74 Å². The Kier molecular flexibility index (Phi) is 4.15. The van der Waals surface area contributed by atoms with Crippen LogP contribution in [0.4, 0.5) is 0 Å². The van der Waals surface area contributed by atoms with E-state index < -0.39 is 0 Å². The van der Waals surface area contributed by atoms with E-state index in [2.05, 4.69) is 28.1 Å². The van der Waals surface area contributed by atoms with Crippen molar-refractivity contribution in [2.45, 2.75) is 6.42 Å². The lowest BCUT2D eigenvalue weighted by atomic mass is 10.0. The van der Waals surface area contributed by atoms with Crippen LogP contribution in [0, 0.1) is 0 Å². The van der Waals surface area contributed by atoms with E-state index in [1.54, 1.807) is 13.2 Å². The monoisotopic (exact) mass is 304 g/mol. The first-order valence-electron chi connectivity index (χ1n) is 5.59. The topological polar surface area (TPSA) is 26.3 Å². The Bertz CT molecular complexity index is 564. The standard InChI is InChI=1S/C15H13BrO2/c1-18-15-9-12(10-17)5-6-13(15)7-11-3-2-4-14(16)8-11/h2-6,8-10H,7H2,1H3. The van der Waals surface area contributed by atoms with Gasteiger partial charge in [0.25, 0.3) is 0 Å². The summed E-state index contributed by atoms with van der Waals surface area (Å²) in [5, 5.41) is 0. The van der Waals surface area contributed by atoms with Crippen LogP contribution in [0.2, 0.25) is 0 Å². The fourth-order valence-corrected chi connectivity index (χ4v) is 2.29. The van der Waals surface area contributed by atoms with Crippen LogP contribution in [-0.2, 0) is 6.42 Å². The molecule has 0 heterocycles. The molecule has 2 aromatic carbocycles. The van der Waals surface area contributed by atoms with Crippen molar-refractivity contribution in [2.75, 3.05) is 7.11 Å². The molecule has 0 saturated heterocycles. The molecule has 0 aliphatic rings. The van der Waals surface area contributed by atoms with Crippen LogP contribution in [-0.4, -0.2) is 13.4 Å². The minimum Gasteiger partial charge on any atom is -0.496 e. The van der Waals surface area contributed by atoms with Gasteiger partial charge in [-0.15, -0.1) is 0 Å². The number of carbonyl (C=O) groups excluding carboxylic acids is 1. The van der Waals surface area contributed by atoms with E-state index in [9.17, 15) is 4.79 Å². The maximum absolute atomic E-state index is 10.7. The Balaban J connectivity index is 2.31. The van der Waals surface area contributed by atoms with Crippen LogP contribution < -0.4 is 4.74 Å². The molecule has 18 heavy (non-hydrogen) atoms. The van der Waals surface area contributed by atoms with Crippen LogP contribution >= 0.6 is 15.9 Å². The lowest BCUT2D eigenvalue weighted by molar-refractivity contribution is 0.112. The molecule has 0 aromatic heterocycles. The van der Waals surface area contributed by atoms with Gasteiger partial charge in [-0.1, -0.05) is 40.2 Å². The second kappa shape index (κ2) is 5.83. The fourth-order valence-electron chi connectivity index (χ4n) is 1.85. The van der Waals surface area contributed by atoms with Gasteiger partial charge in [-0.25, -0.2) is 0 Å². The maximum atomic E-state index is 10.7. The molecule has 2 nitrogen and oxygen atoms in total. The maximum Gasteiger partial charge on any atom is 0.150 e. The summed E-state index contributed by atoms with van der Waals surface area (Å²) in [6, 6.07) is 13.7. The molecule has 0 spiro atoms. The van der Waals surface area contributed by atoms with Crippen molar-refractivity contribution in [3.63, 3.8) is 0 Å². The van der Waals surface area contributed by atoms with Gasteiger partial charge in [-0.2, -0.15) is 0 Å². The van der Waals surface area contributed by atoms with Gasteiger partial charge in [0.15, 0.2) is 0 Å². The number of rotatable bonds is 4. The number of halogens is 1. The van der Waals surface area contributed by atoms with E-state index in [-0.39, 0.29) is 0 Å². The zero-order valence-electron chi connectivity index (χ0n) is 10.0. The highest BCUT2D eigenvalue weighted by Crippen LogP contribution is 2.23. The first-order chi connectivity index (χ1) is 8.72. The molecule has 0 radical (unpaired) electrons. The summed E-state index contributed by atoms with van der Waals surface area (Å²) >= 11 is 3.46. The smallest absolute Gasteiger partial charge is 0.150 e. The van der Waals surface area contributed by atoms with E-state index in [0.717, 1.165) is 28.5 Å². The molecular formula is C15H13BrO2. The summed E-state index contributed by atoms with van der Waals surface area (Å²) in [6.45, 7) is 0. The largest absolute Gasteiger partial charge is 0.496 e. The number of hydrogen-bond acceptors (Lipinski definition) is 2. The van der Waals surface area contributed by atoms with E-state index in [4.69, 9.17) is 4.74 Å². The van der Waals surface area contributed by atoms with E-state index >= 15 is 0 Å². The van der Waals surface area contributed by atoms with E-state index in [1.165, 1.54) is 5.56 Å². The Hall–Kier alpha value is -1.61. The third kappa shape index (κ3) is 2.99. The summed E-state index contributed by atoms with van der Waals surface area (Å²) < 4.78 is 6.38. The lowest BCUT2D eigenvalue weighted by Gasteiger charge is -2.09. The molecule has 0 unspecified atom stereocenters. The van der Waals surface area contributed by atoms with Gasteiger partial charge >= 0.3 is 0 Å².